The van der Waals surface area contributed by atoms with Crippen LogP contribution in [0, 0.1) is 0 Å². The van der Waals surface area contributed by atoms with Gasteiger partial charge >= 0.3 is 5.97 Å². The zero-order valence-corrected chi connectivity index (χ0v) is 8.86. The van der Waals surface area contributed by atoms with Gasteiger partial charge in [-0.25, -0.2) is 0 Å². The van der Waals surface area contributed by atoms with Crippen LogP contribution in [-0.2, 0) is 16.6 Å². The molecule has 4 heteroatoms. The zero-order chi connectivity index (χ0) is 10.6. The SMILES string of the molecule is CCOC(=O)CC(C)c1cnn(C)c1. The second-order valence-electron chi connectivity index (χ2n) is 3.36. The molecule has 14 heavy (non-hydrogen) atoms. The number of carbonyl (C=O) groups is 1. The van der Waals surface area contributed by atoms with Crippen LogP contribution in [0.5, 0.6) is 0 Å². The van der Waals surface area contributed by atoms with E-state index >= 15 is 0 Å². The number of aromatic nitrogens is 2. The molecular formula is C10H16N2O2. The van der Waals surface area contributed by atoms with Gasteiger partial charge < -0.3 is 4.74 Å². The normalized spacial score (nSPS) is 12.5. The molecule has 0 aromatic carbocycles. The first-order valence-electron chi connectivity index (χ1n) is 4.77. The van der Waals surface area contributed by atoms with Gasteiger partial charge in [-0.05, 0) is 18.4 Å². The smallest absolute Gasteiger partial charge is 0.306 e. The zero-order valence-electron chi connectivity index (χ0n) is 8.86. The average Bonchev–Trinajstić information content (AvgIpc) is 2.52. The van der Waals surface area contributed by atoms with Crippen LogP contribution in [0.2, 0.25) is 0 Å². The molecule has 0 bridgehead atoms. The maximum atomic E-state index is 11.2. The van der Waals surface area contributed by atoms with E-state index in [-0.39, 0.29) is 11.9 Å². The number of hydrogen-bond acceptors (Lipinski definition) is 3. The molecule has 0 aliphatic heterocycles. The molecule has 0 saturated heterocycles. The molecule has 1 heterocycles. The van der Waals surface area contributed by atoms with Crippen molar-refractivity contribution in [3.8, 4) is 0 Å². The molecule has 0 radical (unpaired) electrons. The minimum atomic E-state index is -0.149. The molecule has 1 aromatic rings. The number of carbonyl (C=O) groups excluding carboxylic acids is 1. The highest BCUT2D eigenvalue weighted by Crippen LogP contribution is 2.18. The molecule has 0 amide bonds. The Bertz CT molecular complexity index is 307. The predicted molar refractivity (Wildman–Crippen MR) is 52.9 cm³/mol. The summed E-state index contributed by atoms with van der Waals surface area (Å²) in [5.74, 6) is 0.0200. The molecule has 0 aliphatic carbocycles. The lowest BCUT2D eigenvalue weighted by Gasteiger charge is -2.07. The van der Waals surface area contributed by atoms with Gasteiger partial charge in [-0.15, -0.1) is 0 Å². The van der Waals surface area contributed by atoms with E-state index in [0.717, 1.165) is 5.56 Å². The summed E-state index contributed by atoms with van der Waals surface area (Å²) in [7, 11) is 1.86. The highest BCUT2D eigenvalue weighted by Gasteiger charge is 2.12. The number of aryl methyl sites for hydroxylation is 1. The third-order valence-electron chi connectivity index (χ3n) is 2.07. The lowest BCUT2D eigenvalue weighted by molar-refractivity contribution is -0.143. The number of esters is 1. The Balaban J connectivity index is 2.50. The molecule has 0 fully saturated rings. The third-order valence-corrected chi connectivity index (χ3v) is 2.07. The fourth-order valence-corrected chi connectivity index (χ4v) is 1.28. The molecule has 4 nitrogen and oxygen atoms in total. The summed E-state index contributed by atoms with van der Waals surface area (Å²) in [5.41, 5.74) is 1.07. The fourth-order valence-electron chi connectivity index (χ4n) is 1.28. The van der Waals surface area contributed by atoms with E-state index in [2.05, 4.69) is 5.10 Å². The van der Waals surface area contributed by atoms with E-state index in [1.807, 2.05) is 27.1 Å². The Labute approximate surface area is 83.9 Å². The predicted octanol–water partition coefficient (Wildman–Crippen LogP) is 1.48. The van der Waals surface area contributed by atoms with Gasteiger partial charge in [0.15, 0.2) is 0 Å². The van der Waals surface area contributed by atoms with Crippen molar-refractivity contribution in [2.45, 2.75) is 26.2 Å². The van der Waals surface area contributed by atoms with Crippen LogP contribution in [0.25, 0.3) is 0 Å². The van der Waals surface area contributed by atoms with Crippen LogP contribution in [0.15, 0.2) is 12.4 Å². The quantitative estimate of drug-likeness (QED) is 0.685. The Morgan fingerprint density at radius 2 is 2.43 bits per heavy atom. The monoisotopic (exact) mass is 196 g/mol. The molecule has 1 unspecified atom stereocenters. The maximum Gasteiger partial charge on any atom is 0.306 e. The number of hydrogen-bond donors (Lipinski definition) is 0. The van der Waals surface area contributed by atoms with E-state index in [9.17, 15) is 4.79 Å². The lowest BCUT2D eigenvalue weighted by atomic mass is 10.0. The number of ether oxygens (including phenoxy) is 1. The molecule has 0 aliphatic rings. The summed E-state index contributed by atoms with van der Waals surface area (Å²) in [6.07, 6.45) is 4.12. The Morgan fingerprint density at radius 1 is 1.71 bits per heavy atom. The Morgan fingerprint density at radius 3 is 2.93 bits per heavy atom. The topological polar surface area (TPSA) is 44.1 Å². The second kappa shape index (κ2) is 4.79. The van der Waals surface area contributed by atoms with Crippen LogP contribution >= 0.6 is 0 Å². The number of rotatable bonds is 4. The van der Waals surface area contributed by atoms with Gasteiger partial charge in [-0.2, -0.15) is 5.10 Å². The minimum Gasteiger partial charge on any atom is -0.466 e. The molecule has 1 aromatic heterocycles. The summed E-state index contributed by atoms with van der Waals surface area (Å²) in [6.45, 7) is 4.25. The summed E-state index contributed by atoms with van der Waals surface area (Å²) in [5, 5.41) is 4.06. The summed E-state index contributed by atoms with van der Waals surface area (Å²) in [6, 6.07) is 0. The van der Waals surface area contributed by atoms with Gasteiger partial charge in [0.25, 0.3) is 0 Å². The van der Waals surface area contributed by atoms with Gasteiger partial charge in [0.2, 0.25) is 0 Å². The van der Waals surface area contributed by atoms with Crippen molar-refractivity contribution < 1.29 is 9.53 Å². The van der Waals surface area contributed by atoms with Crippen molar-refractivity contribution in [3.05, 3.63) is 18.0 Å². The molecule has 78 valence electrons. The van der Waals surface area contributed by atoms with Crippen LogP contribution in [0.1, 0.15) is 31.7 Å². The van der Waals surface area contributed by atoms with E-state index in [0.29, 0.717) is 13.0 Å². The molecule has 1 rings (SSSR count). The van der Waals surface area contributed by atoms with Gasteiger partial charge in [0.05, 0.1) is 19.2 Å². The van der Waals surface area contributed by atoms with Crippen LogP contribution in [-0.4, -0.2) is 22.4 Å². The van der Waals surface area contributed by atoms with Crippen LogP contribution in [0.3, 0.4) is 0 Å². The first-order chi connectivity index (χ1) is 6.63. The highest BCUT2D eigenvalue weighted by atomic mass is 16.5. The standard InChI is InChI=1S/C10H16N2O2/c1-4-14-10(13)5-8(2)9-6-11-12(3)7-9/h6-8H,4-5H2,1-3H3. The van der Waals surface area contributed by atoms with E-state index in [1.54, 1.807) is 10.9 Å². The lowest BCUT2D eigenvalue weighted by Crippen LogP contribution is -2.07. The minimum absolute atomic E-state index is 0.149. The molecular weight excluding hydrogens is 180 g/mol. The van der Waals surface area contributed by atoms with Gasteiger partial charge in [0, 0.05) is 13.2 Å². The maximum absolute atomic E-state index is 11.2. The highest BCUT2D eigenvalue weighted by molar-refractivity contribution is 5.70. The average molecular weight is 196 g/mol. The summed E-state index contributed by atoms with van der Waals surface area (Å²) >= 11 is 0. The first kappa shape index (κ1) is 10.8. The van der Waals surface area contributed by atoms with Crippen LogP contribution < -0.4 is 0 Å². The van der Waals surface area contributed by atoms with Gasteiger partial charge in [-0.3, -0.25) is 9.48 Å². The second-order valence-corrected chi connectivity index (χ2v) is 3.36. The Kier molecular flexibility index (Phi) is 3.68. The third kappa shape index (κ3) is 2.87. The van der Waals surface area contributed by atoms with E-state index < -0.39 is 0 Å². The van der Waals surface area contributed by atoms with Crippen molar-refractivity contribution in [3.63, 3.8) is 0 Å². The van der Waals surface area contributed by atoms with Crippen molar-refractivity contribution in [2.24, 2.45) is 7.05 Å². The number of nitrogens with zero attached hydrogens (tertiary/aromatic N) is 2. The van der Waals surface area contributed by atoms with Crippen molar-refractivity contribution in [1.29, 1.82) is 0 Å². The van der Waals surface area contributed by atoms with Crippen LogP contribution in [0.4, 0.5) is 0 Å². The molecule has 0 N–H and O–H groups in total. The van der Waals surface area contributed by atoms with Crippen molar-refractivity contribution in [1.82, 2.24) is 9.78 Å². The molecule has 0 saturated carbocycles. The summed E-state index contributed by atoms with van der Waals surface area (Å²) < 4.78 is 6.61. The van der Waals surface area contributed by atoms with Crippen molar-refractivity contribution >= 4 is 5.97 Å². The fraction of sp³-hybridized carbons (Fsp3) is 0.600. The largest absolute Gasteiger partial charge is 0.466 e. The van der Waals surface area contributed by atoms with Gasteiger partial charge in [0.1, 0.15) is 0 Å². The van der Waals surface area contributed by atoms with E-state index in [4.69, 9.17) is 4.74 Å². The van der Waals surface area contributed by atoms with E-state index in [1.165, 1.54) is 0 Å². The molecule has 1 atom stereocenters. The van der Waals surface area contributed by atoms with Gasteiger partial charge in [-0.1, -0.05) is 6.92 Å². The first-order valence-corrected chi connectivity index (χ1v) is 4.77. The Hall–Kier alpha value is -1.32. The summed E-state index contributed by atoms with van der Waals surface area (Å²) in [4.78, 5) is 11.2. The van der Waals surface area contributed by atoms with Crippen molar-refractivity contribution in [2.75, 3.05) is 6.61 Å². The molecule has 0 spiro atoms.